The average Bonchev–Trinajstić information content (AvgIpc) is 3.52. The highest BCUT2D eigenvalue weighted by Gasteiger charge is 2.54. The molecule has 1 unspecified atom stereocenters. The summed E-state index contributed by atoms with van der Waals surface area (Å²) >= 11 is 0. The topological polar surface area (TPSA) is 43.8 Å². The molecular formula is C31H25N3. The summed E-state index contributed by atoms with van der Waals surface area (Å²) < 4.78 is 2.35. The summed E-state index contributed by atoms with van der Waals surface area (Å²) in [5, 5.41) is 0. The normalized spacial score (nSPS) is 16.3. The highest BCUT2D eigenvalue weighted by Crippen LogP contribution is 2.60. The fourth-order valence-corrected chi connectivity index (χ4v) is 5.73. The predicted molar refractivity (Wildman–Crippen MR) is 140 cm³/mol. The Morgan fingerprint density at radius 3 is 2.24 bits per heavy atom. The molecule has 3 heteroatoms. The first-order valence-corrected chi connectivity index (χ1v) is 11.5. The van der Waals surface area contributed by atoms with Crippen molar-refractivity contribution in [1.29, 1.82) is 0 Å². The number of aromatic nitrogens is 2. The Bertz CT molecular complexity index is 1580. The van der Waals surface area contributed by atoms with Gasteiger partial charge in [-0.2, -0.15) is 0 Å². The van der Waals surface area contributed by atoms with Crippen LogP contribution in [0.15, 0.2) is 116 Å². The molecule has 0 amide bonds. The molecule has 0 bridgehead atoms. The molecule has 0 radical (unpaired) electrons. The van der Waals surface area contributed by atoms with Crippen LogP contribution in [-0.2, 0) is 12.0 Å². The molecule has 1 atom stereocenters. The van der Waals surface area contributed by atoms with Gasteiger partial charge in [0.2, 0.25) is 0 Å². The fourth-order valence-electron chi connectivity index (χ4n) is 5.73. The standard InChI is InChI=1S/C27H19N3.C4H6/c28-16-17-8-7-12-21-25(17)18-9-1-2-10-19(18)27(21)20-11-3-5-14-23(20)30-24-15-6-4-13-22(24)29-26(27)30;1-3-4-2/h1-15H,16,28H2;3-4H,1-2H2. The summed E-state index contributed by atoms with van der Waals surface area (Å²) in [5.74, 6) is 1.07. The minimum atomic E-state index is -0.424. The molecule has 2 heterocycles. The van der Waals surface area contributed by atoms with Crippen molar-refractivity contribution in [2.45, 2.75) is 12.0 Å². The van der Waals surface area contributed by atoms with Gasteiger partial charge in [0.05, 0.1) is 16.7 Å². The van der Waals surface area contributed by atoms with E-state index in [0.29, 0.717) is 6.54 Å². The minimum absolute atomic E-state index is 0.424. The molecule has 7 rings (SSSR count). The van der Waals surface area contributed by atoms with Crippen molar-refractivity contribution in [1.82, 2.24) is 9.55 Å². The quantitative estimate of drug-likeness (QED) is 0.312. The van der Waals surface area contributed by atoms with E-state index in [0.717, 1.165) is 16.9 Å². The molecule has 2 N–H and O–H groups in total. The number of imidazole rings is 1. The van der Waals surface area contributed by atoms with Gasteiger partial charge >= 0.3 is 0 Å². The molecule has 1 aliphatic heterocycles. The number of fused-ring (bicyclic) bond motifs is 12. The van der Waals surface area contributed by atoms with Crippen LogP contribution in [-0.4, -0.2) is 9.55 Å². The van der Waals surface area contributed by atoms with Crippen LogP contribution in [0.2, 0.25) is 0 Å². The van der Waals surface area contributed by atoms with Gasteiger partial charge in [-0.25, -0.2) is 4.98 Å². The molecule has 5 aromatic rings. The largest absolute Gasteiger partial charge is 0.326 e. The third kappa shape index (κ3) is 2.47. The number of para-hydroxylation sites is 3. The van der Waals surface area contributed by atoms with Crippen molar-refractivity contribution in [3.63, 3.8) is 0 Å². The zero-order valence-corrected chi connectivity index (χ0v) is 18.9. The smallest absolute Gasteiger partial charge is 0.134 e. The number of hydrogen-bond donors (Lipinski definition) is 1. The van der Waals surface area contributed by atoms with Crippen LogP contribution in [0.3, 0.4) is 0 Å². The molecule has 2 aliphatic rings. The Hall–Kier alpha value is -4.21. The van der Waals surface area contributed by atoms with Gasteiger partial charge in [0, 0.05) is 6.54 Å². The minimum Gasteiger partial charge on any atom is -0.326 e. The Kier molecular flexibility index (Phi) is 4.61. The summed E-state index contributed by atoms with van der Waals surface area (Å²) in [6, 6.07) is 32.5. The van der Waals surface area contributed by atoms with Crippen molar-refractivity contribution >= 4 is 11.0 Å². The number of allylic oxidation sites excluding steroid dienone is 2. The van der Waals surface area contributed by atoms with E-state index in [4.69, 9.17) is 10.7 Å². The lowest BCUT2D eigenvalue weighted by Gasteiger charge is -2.27. The third-order valence-corrected chi connectivity index (χ3v) is 6.99. The van der Waals surface area contributed by atoms with Crippen molar-refractivity contribution in [2.24, 2.45) is 5.73 Å². The molecule has 0 saturated carbocycles. The monoisotopic (exact) mass is 439 g/mol. The molecule has 1 aliphatic carbocycles. The van der Waals surface area contributed by atoms with Crippen LogP contribution < -0.4 is 5.73 Å². The lowest BCUT2D eigenvalue weighted by molar-refractivity contribution is 0.737. The van der Waals surface area contributed by atoms with Crippen LogP contribution in [0.25, 0.3) is 27.8 Å². The maximum absolute atomic E-state index is 6.20. The molecule has 1 aromatic heterocycles. The van der Waals surface area contributed by atoms with Crippen molar-refractivity contribution in [2.75, 3.05) is 0 Å². The third-order valence-electron chi connectivity index (χ3n) is 6.99. The molecule has 34 heavy (non-hydrogen) atoms. The number of nitrogens with two attached hydrogens (primary N) is 1. The Morgan fingerprint density at radius 2 is 1.44 bits per heavy atom. The number of rotatable bonds is 2. The SMILES string of the molecule is C=CC=C.NCc1cccc2c1-c1ccccc1C21c2ccccc2-n2c1nc1ccccc12. The van der Waals surface area contributed by atoms with E-state index in [1.807, 2.05) is 0 Å². The number of nitrogens with zero attached hydrogens (tertiary/aromatic N) is 2. The Morgan fingerprint density at radius 1 is 0.765 bits per heavy atom. The van der Waals surface area contributed by atoms with Crippen LogP contribution >= 0.6 is 0 Å². The van der Waals surface area contributed by atoms with Crippen molar-refractivity contribution in [3.05, 3.63) is 144 Å². The van der Waals surface area contributed by atoms with E-state index < -0.39 is 5.41 Å². The van der Waals surface area contributed by atoms with Gasteiger partial charge in [-0.1, -0.05) is 98.1 Å². The van der Waals surface area contributed by atoms with Crippen LogP contribution in [0.5, 0.6) is 0 Å². The summed E-state index contributed by atoms with van der Waals surface area (Å²) in [5.41, 5.74) is 16.8. The maximum Gasteiger partial charge on any atom is 0.134 e. The van der Waals surface area contributed by atoms with Gasteiger partial charge in [0.25, 0.3) is 0 Å². The first-order valence-electron chi connectivity index (χ1n) is 11.5. The summed E-state index contributed by atoms with van der Waals surface area (Å²) in [4.78, 5) is 5.23. The maximum atomic E-state index is 6.20. The van der Waals surface area contributed by atoms with Gasteiger partial charge in [-0.15, -0.1) is 0 Å². The Balaban J connectivity index is 0.000000507. The van der Waals surface area contributed by atoms with E-state index in [1.54, 1.807) is 12.2 Å². The fraction of sp³-hybridized carbons (Fsp3) is 0.0645. The summed E-state index contributed by atoms with van der Waals surface area (Å²) in [6.07, 6.45) is 3.28. The van der Waals surface area contributed by atoms with E-state index in [2.05, 4.69) is 109 Å². The summed E-state index contributed by atoms with van der Waals surface area (Å²) in [7, 11) is 0. The van der Waals surface area contributed by atoms with E-state index in [9.17, 15) is 0 Å². The van der Waals surface area contributed by atoms with Crippen LogP contribution in [0, 0.1) is 0 Å². The molecule has 0 saturated heterocycles. The second-order valence-electron chi connectivity index (χ2n) is 8.59. The highest BCUT2D eigenvalue weighted by atomic mass is 15.1. The molecule has 3 nitrogen and oxygen atoms in total. The van der Waals surface area contributed by atoms with Crippen molar-refractivity contribution in [3.8, 4) is 16.8 Å². The van der Waals surface area contributed by atoms with Crippen LogP contribution in [0.4, 0.5) is 0 Å². The zero-order chi connectivity index (χ0) is 23.3. The van der Waals surface area contributed by atoms with Gasteiger partial charge in [0.15, 0.2) is 0 Å². The average molecular weight is 440 g/mol. The van der Waals surface area contributed by atoms with Gasteiger partial charge < -0.3 is 5.73 Å². The lowest BCUT2D eigenvalue weighted by Crippen LogP contribution is -2.27. The van der Waals surface area contributed by atoms with Crippen molar-refractivity contribution < 1.29 is 0 Å². The zero-order valence-electron chi connectivity index (χ0n) is 18.9. The van der Waals surface area contributed by atoms with E-state index in [-0.39, 0.29) is 0 Å². The highest BCUT2D eigenvalue weighted by molar-refractivity contribution is 5.92. The second-order valence-corrected chi connectivity index (χ2v) is 8.59. The van der Waals surface area contributed by atoms with Gasteiger partial charge in [0.1, 0.15) is 11.2 Å². The van der Waals surface area contributed by atoms with E-state index in [1.165, 1.54) is 39.1 Å². The molecular weight excluding hydrogens is 414 g/mol. The summed E-state index contributed by atoms with van der Waals surface area (Å²) in [6.45, 7) is 7.24. The predicted octanol–water partition coefficient (Wildman–Crippen LogP) is 6.52. The lowest BCUT2D eigenvalue weighted by atomic mass is 9.73. The molecule has 164 valence electrons. The molecule has 0 fully saturated rings. The Labute approximate surface area is 199 Å². The number of hydrogen-bond acceptors (Lipinski definition) is 2. The number of benzene rings is 4. The van der Waals surface area contributed by atoms with Gasteiger partial charge in [-0.3, -0.25) is 4.57 Å². The van der Waals surface area contributed by atoms with Gasteiger partial charge in [-0.05, 0) is 51.6 Å². The molecule has 4 aromatic carbocycles. The second kappa shape index (κ2) is 7.68. The van der Waals surface area contributed by atoms with Crippen LogP contribution in [0.1, 0.15) is 28.1 Å². The first-order chi connectivity index (χ1) is 16.8. The first kappa shape index (κ1) is 20.4. The molecule has 1 spiro atoms. The van der Waals surface area contributed by atoms with E-state index >= 15 is 0 Å².